The Kier molecular flexibility index (Phi) is 4.71. The van der Waals surface area contributed by atoms with E-state index in [0.29, 0.717) is 18.1 Å². The zero-order valence-corrected chi connectivity index (χ0v) is 14.5. The predicted octanol–water partition coefficient (Wildman–Crippen LogP) is 3.94. The number of benzene rings is 2. The molecule has 25 heavy (non-hydrogen) atoms. The molecule has 0 atom stereocenters. The van der Waals surface area contributed by atoms with Crippen molar-refractivity contribution in [2.45, 2.75) is 6.92 Å². The Bertz CT molecular complexity index is 980. The summed E-state index contributed by atoms with van der Waals surface area (Å²) in [5, 5.41) is 9.25. The lowest BCUT2D eigenvalue weighted by molar-refractivity contribution is 0.311. The smallest absolute Gasteiger partial charge is 0.161 e. The van der Waals surface area contributed by atoms with Gasteiger partial charge in [-0.25, -0.2) is 4.98 Å². The molecule has 0 aliphatic rings. The van der Waals surface area contributed by atoms with Gasteiger partial charge in [0, 0.05) is 13.1 Å². The first-order valence-corrected chi connectivity index (χ1v) is 8.00. The largest absolute Gasteiger partial charge is 0.493 e. The second-order valence-corrected chi connectivity index (χ2v) is 5.54. The standard InChI is InChI=1S/C20H19N3O2/c1-4-25-20-12-15(6-8-19(20)24-3)16(9-10-21)14-5-7-18-17(11-14)22-13-23(18)2/h5-9,11-13H,4H2,1-3H3. The molecule has 2 aromatic carbocycles. The first-order chi connectivity index (χ1) is 12.2. The van der Waals surface area contributed by atoms with E-state index in [0.717, 1.165) is 27.7 Å². The van der Waals surface area contributed by atoms with Crippen molar-refractivity contribution in [3.63, 3.8) is 0 Å². The molecule has 126 valence electrons. The van der Waals surface area contributed by atoms with Gasteiger partial charge in [0.25, 0.3) is 0 Å². The zero-order valence-electron chi connectivity index (χ0n) is 14.5. The molecular formula is C20H19N3O2. The molecule has 0 aliphatic heterocycles. The minimum Gasteiger partial charge on any atom is -0.493 e. The Morgan fingerprint density at radius 2 is 1.96 bits per heavy atom. The highest BCUT2D eigenvalue weighted by Gasteiger charge is 2.12. The van der Waals surface area contributed by atoms with Crippen LogP contribution < -0.4 is 9.47 Å². The summed E-state index contributed by atoms with van der Waals surface area (Å²) in [6.45, 7) is 2.46. The van der Waals surface area contributed by atoms with Gasteiger partial charge in [0.05, 0.1) is 37.1 Å². The van der Waals surface area contributed by atoms with Crippen LogP contribution in [0.2, 0.25) is 0 Å². The molecule has 0 N–H and O–H groups in total. The van der Waals surface area contributed by atoms with Gasteiger partial charge < -0.3 is 14.0 Å². The second-order valence-electron chi connectivity index (χ2n) is 5.54. The monoisotopic (exact) mass is 333 g/mol. The highest BCUT2D eigenvalue weighted by molar-refractivity contribution is 5.87. The summed E-state index contributed by atoms with van der Waals surface area (Å²) in [5.74, 6) is 1.33. The molecule has 5 nitrogen and oxygen atoms in total. The van der Waals surface area contributed by atoms with Crippen LogP contribution in [0.25, 0.3) is 16.6 Å². The first kappa shape index (κ1) is 16.6. The molecule has 0 aliphatic carbocycles. The zero-order chi connectivity index (χ0) is 17.8. The fraction of sp³-hybridized carbons (Fsp3) is 0.200. The number of nitrogens with zero attached hydrogens (tertiary/aromatic N) is 3. The van der Waals surface area contributed by atoms with Gasteiger partial charge in [-0.2, -0.15) is 5.26 Å². The van der Waals surface area contributed by atoms with E-state index >= 15 is 0 Å². The minimum atomic E-state index is 0.539. The fourth-order valence-corrected chi connectivity index (χ4v) is 2.81. The summed E-state index contributed by atoms with van der Waals surface area (Å²) in [6.07, 6.45) is 3.32. The second kappa shape index (κ2) is 7.10. The van der Waals surface area contributed by atoms with Gasteiger partial charge in [0.15, 0.2) is 11.5 Å². The van der Waals surface area contributed by atoms with Gasteiger partial charge in [-0.3, -0.25) is 0 Å². The van der Waals surface area contributed by atoms with E-state index in [9.17, 15) is 5.26 Å². The molecule has 0 saturated carbocycles. The third-order valence-corrected chi connectivity index (χ3v) is 4.02. The normalized spacial score (nSPS) is 11.4. The third kappa shape index (κ3) is 3.20. The van der Waals surface area contributed by atoms with E-state index in [1.54, 1.807) is 19.5 Å². The van der Waals surface area contributed by atoms with Gasteiger partial charge >= 0.3 is 0 Å². The molecule has 0 bridgehead atoms. The van der Waals surface area contributed by atoms with Gasteiger partial charge in [0.1, 0.15) is 0 Å². The van der Waals surface area contributed by atoms with Crippen molar-refractivity contribution in [3.05, 3.63) is 59.9 Å². The summed E-state index contributed by atoms with van der Waals surface area (Å²) < 4.78 is 13.0. The van der Waals surface area contributed by atoms with Crippen LogP contribution in [0.3, 0.4) is 0 Å². The number of fused-ring (bicyclic) bond motifs is 1. The van der Waals surface area contributed by atoms with E-state index in [4.69, 9.17) is 9.47 Å². The van der Waals surface area contributed by atoms with E-state index in [1.165, 1.54) is 0 Å². The number of hydrogen-bond acceptors (Lipinski definition) is 4. The number of hydrogen-bond donors (Lipinski definition) is 0. The van der Waals surface area contributed by atoms with Crippen molar-refractivity contribution >= 4 is 16.6 Å². The van der Waals surface area contributed by atoms with E-state index in [-0.39, 0.29) is 0 Å². The lowest BCUT2D eigenvalue weighted by Crippen LogP contribution is -1.97. The van der Waals surface area contributed by atoms with Crippen LogP contribution in [-0.2, 0) is 7.05 Å². The Morgan fingerprint density at radius 1 is 1.20 bits per heavy atom. The average molecular weight is 333 g/mol. The van der Waals surface area contributed by atoms with Crippen LogP contribution in [0, 0.1) is 11.3 Å². The first-order valence-electron chi connectivity index (χ1n) is 8.00. The van der Waals surface area contributed by atoms with Crippen molar-refractivity contribution in [2.75, 3.05) is 13.7 Å². The number of ether oxygens (including phenoxy) is 2. The van der Waals surface area contributed by atoms with Crippen LogP contribution in [0.5, 0.6) is 11.5 Å². The molecule has 3 rings (SSSR count). The number of nitriles is 1. The maximum atomic E-state index is 9.25. The molecule has 3 aromatic rings. The molecule has 0 saturated heterocycles. The maximum Gasteiger partial charge on any atom is 0.161 e. The lowest BCUT2D eigenvalue weighted by Gasteiger charge is -2.13. The number of aromatic nitrogens is 2. The van der Waals surface area contributed by atoms with E-state index in [2.05, 4.69) is 11.1 Å². The van der Waals surface area contributed by atoms with Crippen LogP contribution in [0.1, 0.15) is 18.1 Å². The maximum absolute atomic E-state index is 9.25. The Labute approximate surface area is 146 Å². The minimum absolute atomic E-state index is 0.539. The molecule has 1 aromatic heterocycles. The van der Waals surface area contributed by atoms with Crippen molar-refractivity contribution in [1.82, 2.24) is 9.55 Å². The number of rotatable bonds is 5. The summed E-state index contributed by atoms with van der Waals surface area (Å²) in [5.41, 5.74) is 4.58. The van der Waals surface area contributed by atoms with Crippen LogP contribution in [0.4, 0.5) is 0 Å². The number of aryl methyl sites for hydroxylation is 1. The SMILES string of the molecule is CCOc1cc(C(=CC#N)c2ccc3c(c2)ncn3C)ccc1OC. The number of methoxy groups -OCH3 is 1. The Hall–Kier alpha value is -3.26. The summed E-state index contributed by atoms with van der Waals surface area (Å²) >= 11 is 0. The lowest BCUT2D eigenvalue weighted by atomic mass is 9.97. The van der Waals surface area contributed by atoms with E-state index in [1.807, 2.05) is 54.9 Å². The number of imidazole rings is 1. The van der Waals surface area contributed by atoms with Crippen LogP contribution >= 0.6 is 0 Å². The molecule has 0 amide bonds. The van der Waals surface area contributed by atoms with Gasteiger partial charge in [0.2, 0.25) is 0 Å². The highest BCUT2D eigenvalue weighted by Crippen LogP contribution is 2.33. The van der Waals surface area contributed by atoms with Crippen molar-refractivity contribution in [1.29, 1.82) is 5.26 Å². The molecule has 0 radical (unpaired) electrons. The summed E-state index contributed by atoms with van der Waals surface area (Å²) in [6, 6.07) is 13.8. The molecule has 0 unspecified atom stereocenters. The summed E-state index contributed by atoms with van der Waals surface area (Å²) in [4.78, 5) is 4.40. The van der Waals surface area contributed by atoms with Crippen LogP contribution in [0.15, 0.2) is 48.8 Å². The van der Waals surface area contributed by atoms with Gasteiger partial charge in [-0.05, 0) is 47.9 Å². The molecule has 5 heteroatoms. The van der Waals surface area contributed by atoms with Crippen molar-refractivity contribution < 1.29 is 9.47 Å². The summed E-state index contributed by atoms with van der Waals surface area (Å²) in [7, 11) is 3.57. The van der Waals surface area contributed by atoms with Crippen molar-refractivity contribution in [2.24, 2.45) is 7.05 Å². The molecule has 1 heterocycles. The predicted molar refractivity (Wildman–Crippen MR) is 97.6 cm³/mol. The van der Waals surface area contributed by atoms with Gasteiger partial charge in [-0.1, -0.05) is 12.1 Å². The van der Waals surface area contributed by atoms with Crippen molar-refractivity contribution in [3.8, 4) is 17.6 Å². The fourth-order valence-electron chi connectivity index (χ4n) is 2.81. The quantitative estimate of drug-likeness (QED) is 0.664. The third-order valence-electron chi connectivity index (χ3n) is 4.02. The average Bonchev–Trinajstić information content (AvgIpc) is 3.00. The van der Waals surface area contributed by atoms with Crippen LogP contribution in [-0.4, -0.2) is 23.3 Å². The van der Waals surface area contributed by atoms with Gasteiger partial charge in [-0.15, -0.1) is 0 Å². The molecular weight excluding hydrogens is 314 g/mol. The topological polar surface area (TPSA) is 60.1 Å². The Morgan fingerprint density at radius 3 is 2.68 bits per heavy atom. The Balaban J connectivity index is 2.11. The highest BCUT2D eigenvalue weighted by atomic mass is 16.5. The number of allylic oxidation sites excluding steroid dienone is 1. The van der Waals surface area contributed by atoms with E-state index < -0.39 is 0 Å². The molecule has 0 spiro atoms. The molecule has 0 fully saturated rings.